The summed E-state index contributed by atoms with van der Waals surface area (Å²) in [5.74, 6) is 1.07. The fourth-order valence-corrected chi connectivity index (χ4v) is 3.98. The van der Waals surface area contributed by atoms with Crippen LogP contribution in [-0.2, 0) is 0 Å². The minimum absolute atomic E-state index is 0.0541. The first kappa shape index (κ1) is 19.8. The molecule has 2 amide bonds. The number of rotatable bonds is 4. The first-order chi connectivity index (χ1) is 14.6. The number of pyridine rings is 1. The number of nitrogens with one attached hydrogen (secondary N) is 1. The summed E-state index contributed by atoms with van der Waals surface area (Å²) in [6.45, 7) is 9.34. The molecular weight excluding hydrogens is 378 g/mol. The Morgan fingerprint density at radius 3 is 2.97 bits per heavy atom. The molecule has 1 atom stereocenters. The van der Waals surface area contributed by atoms with Crippen molar-refractivity contribution in [2.24, 2.45) is 4.99 Å². The fraction of sp³-hybridized carbons (Fsp3) is 0.318. The van der Waals surface area contributed by atoms with Crippen LogP contribution in [0, 0.1) is 0 Å². The highest BCUT2D eigenvalue weighted by molar-refractivity contribution is 6.04. The normalized spacial score (nSPS) is 18.7. The Kier molecular flexibility index (Phi) is 5.56. The molecule has 0 spiro atoms. The lowest BCUT2D eigenvalue weighted by Crippen LogP contribution is -2.56. The Morgan fingerprint density at radius 2 is 2.23 bits per heavy atom. The van der Waals surface area contributed by atoms with Crippen LogP contribution in [0.2, 0.25) is 0 Å². The molecule has 0 saturated carbocycles. The zero-order chi connectivity index (χ0) is 21.1. The molecule has 2 aromatic heterocycles. The van der Waals surface area contributed by atoms with E-state index >= 15 is 0 Å². The standard InChI is InChI=1S/C22H25N7O/c1-4-15(2)17(12-23-3)18-7-8-19-21(26-18)29(16-6-5-11-28(19)14-16)22(30)27-20-13-24-9-10-25-20/h4,7-10,12-13,16H,3,5-6,11,14H2,1-2H3,(H,25,27,30)/b15-4-,17-12+/t16-/m0/s1. The highest BCUT2D eigenvalue weighted by atomic mass is 16.2. The maximum atomic E-state index is 13.3. The number of hydrogen-bond acceptors (Lipinski definition) is 6. The number of nitrogens with zero attached hydrogens (tertiary/aromatic N) is 6. The summed E-state index contributed by atoms with van der Waals surface area (Å²) in [7, 11) is 0. The molecule has 2 aliphatic heterocycles. The van der Waals surface area contributed by atoms with Crippen LogP contribution < -0.4 is 15.1 Å². The van der Waals surface area contributed by atoms with Crippen LogP contribution in [0.5, 0.6) is 0 Å². The number of allylic oxidation sites excluding steroid dienone is 3. The van der Waals surface area contributed by atoms with Crippen LogP contribution in [0.15, 0.2) is 53.6 Å². The van der Waals surface area contributed by atoms with Crippen LogP contribution in [0.3, 0.4) is 0 Å². The highest BCUT2D eigenvalue weighted by Crippen LogP contribution is 2.39. The molecule has 0 aromatic carbocycles. The van der Waals surface area contributed by atoms with Gasteiger partial charge in [-0.25, -0.2) is 14.8 Å². The van der Waals surface area contributed by atoms with Crippen LogP contribution in [0.25, 0.3) is 5.57 Å². The summed E-state index contributed by atoms with van der Waals surface area (Å²) in [5, 5.41) is 2.86. The molecule has 30 heavy (non-hydrogen) atoms. The molecule has 8 heteroatoms. The van der Waals surface area contributed by atoms with E-state index in [1.807, 2.05) is 32.1 Å². The largest absolute Gasteiger partial charge is 0.366 e. The van der Waals surface area contributed by atoms with Gasteiger partial charge >= 0.3 is 6.03 Å². The van der Waals surface area contributed by atoms with Crippen LogP contribution in [-0.4, -0.2) is 46.8 Å². The molecule has 4 rings (SSSR count). The number of urea groups is 1. The van der Waals surface area contributed by atoms with Gasteiger partial charge in [0.15, 0.2) is 11.6 Å². The van der Waals surface area contributed by atoms with Gasteiger partial charge in [0.05, 0.1) is 23.6 Å². The van der Waals surface area contributed by atoms with Gasteiger partial charge in [0.1, 0.15) is 0 Å². The maximum Gasteiger partial charge on any atom is 0.329 e. The summed E-state index contributed by atoms with van der Waals surface area (Å²) in [4.78, 5) is 34.4. The van der Waals surface area contributed by atoms with Crippen molar-refractivity contribution in [1.29, 1.82) is 0 Å². The van der Waals surface area contributed by atoms with Gasteiger partial charge in [0.25, 0.3) is 0 Å². The second-order valence-electron chi connectivity index (χ2n) is 7.37. The van der Waals surface area contributed by atoms with Gasteiger partial charge in [-0.15, -0.1) is 0 Å². The predicted octanol–water partition coefficient (Wildman–Crippen LogP) is 3.90. The SMILES string of the molecule is C=N/C=C(\C(C)=C/C)c1ccc2c(n1)N(C(=O)Nc1cnccn1)[C@H]1CCCN2C1. The van der Waals surface area contributed by atoms with Gasteiger partial charge in [0, 0.05) is 37.3 Å². The molecule has 0 aliphatic carbocycles. The van der Waals surface area contributed by atoms with Crippen molar-refractivity contribution in [2.45, 2.75) is 32.7 Å². The minimum atomic E-state index is -0.247. The van der Waals surface area contributed by atoms with E-state index in [0.717, 1.165) is 48.5 Å². The van der Waals surface area contributed by atoms with Crippen molar-refractivity contribution in [1.82, 2.24) is 15.0 Å². The molecule has 2 aromatic rings. The van der Waals surface area contributed by atoms with E-state index in [0.29, 0.717) is 11.6 Å². The van der Waals surface area contributed by atoms with Crippen LogP contribution in [0.4, 0.5) is 22.1 Å². The monoisotopic (exact) mass is 403 g/mol. The predicted molar refractivity (Wildman–Crippen MR) is 120 cm³/mol. The van der Waals surface area contributed by atoms with E-state index in [-0.39, 0.29) is 12.1 Å². The summed E-state index contributed by atoms with van der Waals surface area (Å²) in [5.41, 5.74) is 3.65. The summed E-state index contributed by atoms with van der Waals surface area (Å²) < 4.78 is 0. The number of amides is 2. The van der Waals surface area contributed by atoms with Crippen molar-refractivity contribution < 1.29 is 4.79 Å². The molecule has 1 fully saturated rings. The number of hydrogen-bond donors (Lipinski definition) is 1. The van der Waals surface area contributed by atoms with Crippen molar-refractivity contribution in [3.63, 3.8) is 0 Å². The third-order valence-electron chi connectivity index (χ3n) is 5.56. The number of fused-ring (bicyclic) bond motifs is 4. The lowest BCUT2D eigenvalue weighted by molar-refractivity contribution is 0.252. The van der Waals surface area contributed by atoms with Gasteiger partial charge < -0.3 is 4.90 Å². The summed E-state index contributed by atoms with van der Waals surface area (Å²) in [6.07, 6.45) is 10.3. The Labute approximate surface area is 176 Å². The van der Waals surface area contributed by atoms with E-state index in [1.54, 1.807) is 23.5 Å². The van der Waals surface area contributed by atoms with E-state index in [1.165, 1.54) is 6.20 Å². The zero-order valence-corrected chi connectivity index (χ0v) is 17.2. The van der Waals surface area contributed by atoms with Crippen molar-refractivity contribution in [3.05, 3.63) is 54.3 Å². The van der Waals surface area contributed by atoms with Crippen molar-refractivity contribution >= 4 is 35.6 Å². The minimum Gasteiger partial charge on any atom is -0.366 e. The number of anilines is 3. The lowest BCUT2D eigenvalue weighted by atomic mass is 9.98. The molecule has 8 nitrogen and oxygen atoms in total. The Hall–Kier alpha value is -3.55. The average molecular weight is 403 g/mol. The molecule has 0 radical (unpaired) electrons. The van der Waals surface area contributed by atoms with E-state index in [9.17, 15) is 4.79 Å². The second-order valence-corrected chi connectivity index (χ2v) is 7.37. The van der Waals surface area contributed by atoms with Gasteiger partial charge in [-0.05, 0) is 51.1 Å². The molecule has 1 N–H and O–H groups in total. The smallest absolute Gasteiger partial charge is 0.329 e. The number of aliphatic imine (C=N–C) groups is 1. The quantitative estimate of drug-likeness (QED) is 0.618. The lowest BCUT2D eigenvalue weighted by Gasteiger charge is -2.45. The molecule has 4 heterocycles. The van der Waals surface area contributed by atoms with Gasteiger partial charge in [-0.2, -0.15) is 0 Å². The number of carbonyl (C=O) groups excluding carboxylic acids is 1. The fourth-order valence-electron chi connectivity index (χ4n) is 3.98. The first-order valence-electron chi connectivity index (χ1n) is 10.0. The van der Waals surface area contributed by atoms with Crippen LogP contribution in [0.1, 0.15) is 32.4 Å². The zero-order valence-electron chi connectivity index (χ0n) is 17.2. The van der Waals surface area contributed by atoms with E-state index in [2.05, 4.69) is 31.9 Å². The molecule has 2 bridgehead atoms. The summed E-state index contributed by atoms with van der Waals surface area (Å²) >= 11 is 0. The topological polar surface area (TPSA) is 86.6 Å². The average Bonchev–Trinajstić information content (AvgIpc) is 2.77. The highest BCUT2D eigenvalue weighted by Gasteiger charge is 2.38. The third-order valence-corrected chi connectivity index (χ3v) is 5.56. The Balaban J connectivity index is 1.77. The van der Waals surface area contributed by atoms with Crippen molar-refractivity contribution in [2.75, 3.05) is 28.2 Å². The van der Waals surface area contributed by atoms with E-state index in [4.69, 9.17) is 4.98 Å². The van der Waals surface area contributed by atoms with E-state index < -0.39 is 0 Å². The number of carbonyl (C=O) groups is 1. The third kappa shape index (κ3) is 3.68. The second kappa shape index (κ2) is 8.44. The Morgan fingerprint density at radius 1 is 1.37 bits per heavy atom. The molecule has 1 saturated heterocycles. The van der Waals surface area contributed by atoms with Crippen molar-refractivity contribution in [3.8, 4) is 0 Å². The molecule has 0 unspecified atom stereocenters. The van der Waals surface area contributed by atoms with Gasteiger partial charge in [-0.1, -0.05) is 6.08 Å². The number of aromatic nitrogens is 3. The number of piperidine rings is 1. The van der Waals surface area contributed by atoms with Crippen LogP contribution >= 0.6 is 0 Å². The van der Waals surface area contributed by atoms with Gasteiger partial charge in [-0.3, -0.25) is 20.2 Å². The molecule has 154 valence electrons. The molecule has 2 aliphatic rings. The summed E-state index contributed by atoms with van der Waals surface area (Å²) in [6, 6.07) is 3.83. The Bertz CT molecular complexity index is 1020. The first-order valence-corrected chi connectivity index (χ1v) is 10.0. The van der Waals surface area contributed by atoms with Gasteiger partial charge in [0.2, 0.25) is 0 Å². The maximum absolute atomic E-state index is 13.3. The molecular formula is C22H25N7O.